The summed E-state index contributed by atoms with van der Waals surface area (Å²) < 4.78 is 19.1. The van der Waals surface area contributed by atoms with E-state index < -0.39 is 41.5 Å². The van der Waals surface area contributed by atoms with E-state index in [9.17, 15) is 23.6 Å². The Hall–Kier alpha value is -4.51. The highest BCUT2D eigenvalue weighted by molar-refractivity contribution is 5.95. The lowest BCUT2D eigenvalue weighted by Crippen LogP contribution is -2.66. The topological polar surface area (TPSA) is 111 Å². The van der Waals surface area contributed by atoms with Gasteiger partial charge in [-0.1, -0.05) is 54.6 Å². The van der Waals surface area contributed by atoms with Gasteiger partial charge in [0.1, 0.15) is 29.5 Å². The number of halogens is 1. The fourth-order valence-corrected chi connectivity index (χ4v) is 5.85. The Bertz CT molecular complexity index is 1570. The number of rotatable bonds is 11. The van der Waals surface area contributed by atoms with Crippen LogP contribution < -0.4 is 10.6 Å². The van der Waals surface area contributed by atoms with Gasteiger partial charge in [-0.3, -0.25) is 14.4 Å². The first-order valence-electron chi connectivity index (χ1n) is 15.9. The summed E-state index contributed by atoms with van der Waals surface area (Å²) in [5.41, 5.74) is 0.739. The zero-order chi connectivity index (χ0) is 34.3. The predicted octanol–water partition coefficient (Wildman–Crippen LogP) is 3.76. The zero-order valence-electron chi connectivity index (χ0n) is 28.1. The van der Waals surface area contributed by atoms with Crippen molar-refractivity contribution in [3.05, 3.63) is 83.7 Å². The van der Waals surface area contributed by atoms with Crippen LogP contribution in [0.15, 0.2) is 66.7 Å². The maximum Gasteiger partial charge on any atom is 0.408 e. The average molecular weight is 648 g/mol. The maximum atomic E-state index is 14.3. The number of ether oxygens (including phenoxy) is 1. The van der Waals surface area contributed by atoms with Crippen molar-refractivity contribution in [1.29, 1.82) is 0 Å². The molecule has 0 aromatic heterocycles. The molecule has 47 heavy (non-hydrogen) atoms. The number of likely N-dealkylation sites (N-methyl/N-ethyl adjacent to an activating group) is 1. The smallest absolute Gasteiger partial charge is 0.408 e. The second-order valence-corrected chi connectivity index (χ2v) is 13.2. The molecule has 0 radical (unpaired) electrons. The van der Waals surface area contributed by atoms with Gasteiger partial charge in [0, 0.05) is 33.0 Å². The number of hydrogen-bond donors (Lipinski definition) is 2. The number of hydrogen-bond acceptors (Lipinski definition) is 6. The van der Waals surface area contributed by atoms with Gasteiger partial charge in [-0.15, -0.1) is 0 Å². The largest absolute Gasteiger partial charge is 0.444 e. The van der Waals surface area contributed by atoms with Crippen molar-refractivity contribution in [2.45, 2.75) is 63.8 Å². The molecule has 1 aliphatic heterocycles. The van der Waals surface area contributed by atoms with Crippen LogP contribution in [0.25, 0.3) is 10.8 Å². The van der Waals surface area contributed by atoms with Gasteiger partial charge in [0.05, 0.1) is 0 Å². The molecular weight excluding hydrogens is 601 g/mol. The van der Waals surface area contributed by atoms with Crippen LogP contribution >= 0.6 is 0 Å². The fraction of sp³-hybridized carbons (Fsp3) is 0.444. The fourth-order valence-electron chi connectivity index (χ4n) is 5.85. The zero-order valence-corrected chi connectivity index (χ0v) is 28.1. The molecule has 0 saturated carbocycles. The first-order valence-corrected chi connectivity index (χ1v) is 15.9. The Morgan fingerprint density at radius 2 is 1.62 bits per heavy atom. The van der Waals surface area contributed by atoms with Crippen molar-refractivity contribution in [2.24, 2.45) is 0 Å². The Kier molecular flexibility index (Phi) is 11.6. The summed E-state index contributed by atoms with van der Waals surface area (Å²) in [6.07, 6.45) is -0.0865. The summed E-state index contributed by atoms with van der Waals surface area (Å²) >= 11 is 0. The van der Waals surface area contributed by atoms with Crippen molar-refractivity contribution in [2.75, 3.05) is 40.8 Å². The molecule has 252 valence electrons. The maximum absolute atomic E-state index is 14.3. The number of benzene rings is 3. The van der Waals surface area contributed by atoms with Crippen molar-refractivity contribution in [3.63, 3.8) is 0 Å². The van der Waals surface area contributed by atoms with Crippen molar-refractivity contribution in [1.82, 2.24) is 25.3 Å². The summed E-state index contributed by atoms with van der Waals surface area (Å²) in [5, 5.41) is 7.53. The predicted molar refractivity (Wildman–Crippen MR) is 179 cm³/mol. The first kappa shape index (κ1) is 35.3. The number of piperazine rings is 1. The lowest BCUT2D eigenvalue weighted by molar-refractivity contribution is -0.157. The number of carbonyl (C=O) groups excluding carboxylic acids is 4. The van der Waals surface area contributed by atoms with Gasteiger partial charge in [-0.2, -0.15) is 0 Å². The number of nitrogens with one attached hydrogen (secondary N) is 2. The normalized spacial score (nSPS) is 16.6. The van der Waals surface area contributed by atoms with E-state index in [4.69, 9.17) is 4.74 Å². The summed E-state index contributed by atoms with van der Waals surface area (Å²) in [4.78, 5) is 59.8. The van der Waals surface area contributed by atoms with E-state index in [2.05, 4.69) is 10.6 Å². The molecule has 3 aromatic carbocycles. The van der Waals surface area contributed by atoms with Crippen LogP contribution in [-0.2, 0) is 32.0 Å². The molecule has 0 spiro atoms. The van der Waals surface area contributed by atoms with Gasteiger partial charge >= 0.3 is 6.09 Å². The summed E-state index contributed by atoms with van der Waals surface area (Å²) in [7, 11) is 5.31. The van der Waals surface area contributed by atoms with E-state index in [-0.39, 0.29) is 31.3 Å². The van der Waals surface area contributed by atoms with Gasteiger partial charge < -0.3 is 30.1 Å². The quantitative estimate of drug-likeness (QED) is 0.328. The van der Waals surface area contributed by atoms with Crippen LogP contribution in [0.3, 0.4) is 0 Å². The number of amides is 4. The van der Waals surface area contributed by atoms with Gasteiger partial charge in [-0.05, 0) is 81.9 Å². The summed E-state index contributed by atoms with van der Waals surface area (Å²) in [6.45, 7) is 5.96. The van der Waals surface area contributed by atoms with E-state index in [0.717, 1.165) is 16.3 Å². The van der Waals surface area contributed by atoms with Gasteiger partial charge in [0.25, 0.3) is 0 Å². The molecule has 1 saturated heterocycles. The summed E-state index contributed by atoms with van der Waals surface area (Å²) in [6, 6.07) is 16.9. The molecule has 4 amide bonds. The second-order valence-electron chi connectivity index (χ2n) is 13.2. The highest BCUT2D eigenvalue weighted by Gasteiger charge is 2.43. The Labute approximate surface area is 276 Å². The van der Waals surface area contributed by atoms with E-state index in [1.165, 1.54) is 17.0 Å². The third-order valence-electron chi connectivity index (χ3n) is 8.17. The Morgan fingerprint density at radius 1 is 0.957 bits per heavy atom. The minimum atomic E-state index is -1.08. The molecule has 0 unspecified atom stereocenters. The number of nitrogens with zero attached hydrogens (tertiary/aromatic N) is 3. The van der Waals surface area contributed by atoms with E-state index >= 15 is 0 Å². The van der Waals surface area contributed by atoms with Crippen LogP contribution in [0, 0.1) is 5.82 Å². The molecule has 3 aromatic rings. The number of alkyl carbamates (subject to hydrolysis) is 1. The van der Waals surface area contributed by atoms with Gasteiger partial charge in [-0.25, -0.2) is 9.18 Å². The number of carbonyl (C=O) groups is 4. The lowest BCUT2D eigenvalue weighted by Gasteiger charge is -2.44. The molecule has 11 heteroatoms. The highest BCUT2D eigenvalue weighted by Crippen LogP contribution is 2.24. The molecule has 0 aliphatic carbocycles. The monoisotopic (exact) mass is 647 g/mol. The molecule has 1 heterocycles. The molecule has 4 rings (SSSR count). The van der Waals surface area contributed by atoms with Crippen LogP contribution in [0.2, 0.25) is 0 Å². The third kappa shape index (κ3) is 9.51. The second kappa shape index (κ2) is 15.4. The first-order chi connectivity index (χ1) is 22.3. The molecule has 2 N–H and O–H groups in total. The van der Waals surface area contributed by atoms with Crippen LogP contribution in [0.5, 0.6) is 0 Å². The minimum absolute atomic E-state index is 0.0655. The van der Waals surface area contributed by atoms with Crippen LogP contribution in [-0.4, -0.2) is 103 Å². The van der Waals surface area contributed by atoms with Gasteiger partial charge in [0.15, 0.2) is 0 Å². The molecule has 3 atom stereocenters. The SMILES string of the molecule is CNC(=O)[C@H](Cc1ccc2ccccc2c1)N1CCN(C(=O)[C@@H](Cc2ccc(F)cc2)NC(=O)OC(C)(C)C)[C@@H](CCN(C)C)C1=O. The van der Waals surface area contributed by atoms with Crippen molar-refractivity contribution in [3.8, 4) is 0 Å². The van der Waals surface area contributed by atoms with Crippen LogP contribution in [0.4, 0.5) is 9.18 Å². The van der Waals surface area contributed by atoms with Crippen LogP contribution in [0.1, 0.15) is 38.3 Å². The average Bonchev–Trinajstić information content (AvgIpc) is 3.02. The van der Waals surface area contributed by atoms with E-state index in [0.29, 0.717) is 24.9 Å². The van der Waals surface area contributed by atoms with E-state index in [1.54, 1.807) is 44.9 Å². The standard InChI is InChI=1S/C36H46FN5O5/c1-36(2,3)47-35(46)39-29(22-24-12-15-28(37)16-13-24)33(44)41-19-20-42(34(45)30(41)17-18-40(5)6)31(32(43)38-4)23-25-11-14-26-9-7-8-10-27(26)21-25/h7-16,21,29-31H,17-20,22-23H2,1-6H3,(H,38,43)(H,39,46)/t29-,30+,31+/m1/s1. The highest BCUT2D eigenvalue weighted by atomic mass is 19.1. The van der Waals surface area contributed by atoms with Gasteiger partial charge in [0.2, 0.25) is 17.7 Å². The Balaban J connectivity index is 1.63. The molecule has 10 nitrogen and oxygen atoms in total. The lowest BCUT2D eigenvalue weighted by atomic mass is 9.97. The molecule has 1 aliphatic rings. The number of fused-ring (bicyclic) bond motifs is 1. The summed E-state index contributed by atoms with van der Waals surface area (Å²) in [5.74, 6) is -1.50. The van der Waals surface area contributed by atoms with Crippen molar-refractivity contribution >= 4 is 34.6 Å². The molecular formula is C36H46FN5O5. The van der Waals surface area contributed by atoms with E-state index in [1.807, 2.05) is 61.5 Å². The molecule has 0 bridgehead atoms. The third-order valence-corrected chi connectivity index (χ3v) is 8.17. The molecule has 1 fully saturated rings. The Morgan fingerprint density at radius 3 is 2.26 bits per heavy atom. The minimum Gasteiger partial charge on any atom is -0.444 e. The van der Waals surface area contributed by atoms with Crippen molar-refractivity contribution < 1.29 is 28.3 Å².